The molecule has 0 aliphatic carbocycles. The summed E-state index contributed by atoms with van der Waals surface area (Å²) in [5.74, 6) is 0.0982. The average Bonchev–Trinajstić information content (AvgIpc) is 2.73. The highest BCUT2D eigenvalue weighted by Crippen LogP contribution is 2.48. The van der Waals surface area contributed by atoms with Crippen molar-refractivity contribution in [1.29, 1.82) is 0 Å². The van der Waals surface area contributed by atoms with Gasteiger partial charge < -0.3 is 20.2 Å². The molecular weight excluding hydrogens is 370 g/mol. The summed E-state index contributed by atoms with van der Waals surface area (Å²) in [6, 6.07) is 17.4. The van der Waals surface area contributed by atoms with Crippen molar-refractivity contribution < 1.29 is 5.11 Å². The predicted octanol–water partition coefficient (Wildman–Crippen LogP) is 4.78. The van der Waals surface area contributed by atoms with Gasteiger partial charge in [0.1, 0.15) is 0 Å². The molecule has 2 N–H and O–H groups in total. The van der Waals surface area contributed by atoms with Gasteiger partial charge in [-0.15, -0.1) is 6.58 Å². The molecule has 0 bridgehead atoms. The van der Waals surface area contributed by atoms with E-state index < -0.39 is 5.60 Å². The maximum Gasteiger partial charge on any atom is 0.0768 e. The van der Waals surface area contributed by atoms with Crippen LogP contribution in [-0.4, -0.2) is 38.9 Å². The first-order valence-corrected chi connectivity index (χ1v) is 10.8. The molecule has 2 aromatic rings. The third kappa shape index (κ3) is 4.12. The Morgan fingerprint density at radius 3 is 1.50 bits per heavy atom. The first-order chi connectivity index (χ1) is 14.2. The number of benzene rings is 2. The number of anilines is 2. The summed E-state index contributed by atoms with van der Waals surface area (Å²) in [6.07, 6.45) is 2.44. The van der Waals surface area contributed by atoms with Crippen LogP contribution >= 0.6 is 0 Å². The van der Waals surface area contributed by atoms with Gasteiger partial charge in [-0.1, -0.05) is 44.2 Å². The Bertz CT molecular complexity index is 778. The van der Waals surface area contributed by atoms with Crippen LogP contribution in [0.4, 0.5) is 11.4 Å². The first-order valence-electron chi connectivity index (χ1n) is 10.8. The van der Waals surface area contributed by atoms with Gasteiger partial charge in [-0.25, -0.2) is 0 Å². The molecule has 4 nitrogen and oxygen atoms in total. The van der Waals surface area contributed by atoms with E-state index in [1.807, 2.05) is 6.08 Å². The van der Waals surface area contributed by atoms with Gasteiger partial charge in [-0.3, -0.25) is 0 Å². The second kappa shape index (κ2) is 8.83. The normalized spacial score (nSPS) is 28.8. The Hall–Kier alpha value is -2.30. The Kier molecular flexibility index (Phi) is 6.59. The SMILES string of the molecule is C=CCC1(O)[C@H](C)[C@@H](c2ccc(N(C)C)cc2)N[C@@H](c2ccc(N(C)C)cc2)[C@H]1C. The van der Waals surface area contributed by atoms with Crippen LogP contribution in [0.3, 0.4) is 0 Å². The molecule has 1 unspecified atom stereocenters. The molecule has 2 aromatic carbocycles. The number of rotatable bonds is 6. The summed E-state index contributed by atoms with van der Waals surface area (Å²) in [6.45, 7) is 8.25. The van der Waals surface area contributed by atoms with Gasteiger partial charge in [0.15, 0.2) is 0 Å². The molecule has 1 saturated heterocycles. The van der Waals surface area contributed by atoms with Crippen molar-refractivity contribution in [3.63, 3.8) is 0 Å². The molecule has 30 heavy (non-hydrogen) atoms. The fraction of sp³-hybridized carbons (Fsp3) is 0.462. The molecule has 5 atom stereocenters. The Morgan fingerprint density at radius 2 is 1.20 bits per heavy atom. The van der Waals surface area contributed by atoms with Crippen molar-refractivity contribution in [2.24, 2.45) is 11.8 Å². The lowest BCUT2D eigenvalue weighted by Crippen LogP contribution is -2.57. The van der Waals surface area contributed by atoms with Gasteiger partial charge in [0.25, 0.3) is 0 Å². The number of aliphatic hydroxyl groups is 1. The van der Waals surface area contributed by atoms with E-state index in [0.29, 0.717) is 6.42 Å². The van der Waals surface area contributed by atoms with Crippen LogP contribution < -0.4 is 15.1 Å². The quantitative estimate of drug-likeness (QED) is 0.676. The zero-order valence-corrected chi connectivity index (χ0v) is 19.3. The number of hydrogen-bond acceptors (Lipinski definition) is 4. The van der Waals surface area contributed by atoms with Gasteiger partial charge in [0, 0.05) is 63.5 Å². The smallest absolute Gasteiger partial charge is 0.0768 e. The van der Waals surface area contributed by atoms with E-state index in [4.69, 9.17) is 0 Å². The molecule has 0 spiro atoms. The predicted molar refractivity (Wildman–Crippen MR) is 128 cm³/mol. The van der Waals surface area contributed by atoms with Crippen molar-refractivity contribution in [2.45, 2.75) is 38.0 Å². The van der Waals surface area contributed by atoms with E-state index >= 15 is 0 Å². The van der Waals surface area contributed by atoms with E-state index in [0.717, 1.165) is 0 Å². The summed E-state index contributed by atoms with van der Waals surface area (Å²) in [5, 5.41) is 15.7. The maximum absolute atomic E-state index is 11.8. The van der Waals surface area contributed by atoms with Crippen LogP contribution in [0.2, 0.25) is 0 Å². The fourth-order valence-electron chi connectivity index (χ4n) is 4.81. The molecule has 162 valence electrons. The zero-order chi connectivity index (χ0) is 22.1. The number of hydrogen-bond donors (Lipinski definition) is 2. The molecule has 0 radical (unpaired) electrons. The number of piperidine rings is 1. The lowest BCUT2D eigenvalue weighted by Gasteiger charge is -2.52. The molecule has 1 aliphatic heterocycles. The second-order valence-corrected chi connectivity index (χ2v) is 9.16. The average molecular weight is 408 g/mol. The standard InChI is InChI=1S/C26H37N3O/c1-8-17-26(30)18(2)24(20-9-13-22(14-10-20)28(4)5)27-25(19(26)3)21-11-15-23(16-12-21)29(6)7/h8-16,18-19,24-25,27,30H,1,17H2,2-7H3/t18-,19-,24-,25+,26?/m1/s1. The lowest BCUT2D eigenvalue weighted by atomic mass is 9.64. The highest BCUT2D eigenvalue weighted by atomic mass is 16.3. The van der Waals surface area contributed by atoms with Crippen LogP contribution in [0, 0.1) is 11.8 Å². The molecule has 3 rings (SSSR count). The topological polar surface area (TPSA) is 38.7 Å². The lowest BCUT2D eigenvalue weighted by molar-refractivity contribution is -0.108. The largest absolute Gasteiger partial charge is 0.389 e. The van der Waals surface area contributed by atoms with E-state index in [-0.39, 0.29) is 23.9 Å². The van der Waals surface area contributed by atoms with Gasteiger partial charge in [-0.2, -0.15) is 0 Å². The Balaban J connectivity index is 1.99. The molecule has 1 fully saturated rings. The van der Waals surface area contributed by atoms with Crippen molar-refractivity contribution in [3.05, 3.63) is 72.3 Å². The minimum atomic E-state index is -0.831. The van der Waals surface area contributed by atoms with Crippen molar-refractivity contribution in [3.8, 4) is 0 Å². The maximum atomic E-state index is 11.8. The molecule has 4 heteroatoms. The van der Waals surface area contributed by atoms with E-state index in [9.17, 15) is 5.11 Å². The summed E-state index contributed by atoms with van der Waals surface area (Å²) in [7, 11) is 8.20. The number of nitrogens with zero attached hydrogens (tertiary/aromatic N) is 2. The van der Waals surface area contributed by atoms with Crippen LogP contribution in [0.15, 0.2) is 61.2 Å². The molecular formula is C26H37N3O. The highest BCUT2D eigenvalue weighted by Gasteiger charge is 2.50. The van der Waals surface area contributed by atoms with Gasteiger partial charge in [-0.05, 0) is 41.8 Å². The van der Waals surface area contributed by atoms with Gasteiger partial charge in [0.05, 0.1) is 5.60 Å². The summed E-state index contributed by atoms with van der Waals surface area (Å²) < 4.78 is 0. The van der Waals surface area contributed by atoms with Gasteiger partial charge in [0.2, 0.25) is 0 Å². The summed E-state index contributed by atoms with van der Waals surface area (Å²) in [4.78, 5) is 4.21. The monoisotopic (exact) mass is 407 g/mol. The van der Waals surface area contributed by atoms with Gasteiger partial charge >= 0.3 is 0 Å². The second-order valence-electron chi connectivity index (χ2n) is 9.16. The third-order valence-electron chi connectivity index (χ3n) is 6.94. The minimum absolute atomic E-state index is 0.0491. The molecule has 1 heterocycles. The minimum Gasteiger partial charge on any atom is -0.389 e. The number of nitrogens with one attached hydrogen (secondary N) is 1. The van der Waals surface area contributed by atoms with Crippen LogP contribution in [-0.2, 0) is 0 Å². The van der Waals surface area contributed by atoms with Crippen LogP contribution in [0.1, 0.15) is 43.5 Å². The van der Waals surface area contributed by atoms with Crippen LogP contribution in [0.5, 0.6) is 0 Å². The van der Waals surface area contributed by atoms with Crippen molar-refractivity contribution in [1.82, 2.24) is 5.32 Å². The molecule has 1 aliphatic rings. The van der Waals surface area contributed by atoms with Crippen molar-refractivity contribution >= 4 is 11.4 Å². The zero-order valence-electron chi connectivity index (χ0n) is 19.3. The van der Waals surface area contributed by atoms with E-state index in [1.54, 1.807) is 0 Å². The van der Waals surface area contributed by atoms with Crippen LogP contribution in [0.25, 0.3) is 0 Å². The van der Waals surface area contributed by atoms with Crippen molar-refractivity contribution in [2.75, 3.05) is 38.0 Å². The Labute approximate surface area is 182 Å². The fourth-order valence-corrected chi connectivity index (χ4v) is 4.81. The molecule has 0 aromatic heterocycles. The Morgan fingerprint density at radius 1 is 0.833 bits per heavy atom. The third-order valence-corrected chi connectivity index (χ3v) is 6.94. The van der Waals surface area contributed by atoms with E-state index in [1.165, 1.54) is 22.5 Å². The highest BCUT2D eigenvalue weighted by molar-refractivity contribution is 5.48. The van der Waals surface area contributed by atoms with E-state index in [2.05, 4.69) is 112 Å². The summed E-state index contributed by atoms with van der Waals surface area (Å²) >= 11 is 0. The molecule has 0 amide bonds. The molecule has 0 saturated carbocycles. The summed E-state index contributed by atoms with van der Waals surface area (Å²) in [5.41, 5.74) is 3.93. The first kappa shape index (κ1) is 22.4.